The number of para-hydroxylation sites is 1. The first-order valence-electron chi connectivity index (χ1n) is 4.74. The van der Waals surface area contributed by atoms with Crippen molar-refractivity contribution in [3.05, 3.63) is 36.1 Å². The summed E-state index contributed by atoms with van der Waals surface area (Å²) in [5.74, 6) is 1.26. The zero-order chi connectivity index (χ0) is 10.4. The molecule has 0 saturated heterocycles. The normalized spacial score (nSPS) is 11.1. The highest BCUT2D eigenvalue weighted by Crippen LogP contribution is 2.19. The predicted molar refractivity (Wildman–Crippen MR) is 56.5 cm³/mol. The van der Waals surface area contributed by atoms with Gasteiger partial charge < -0.3 is 4.74 Å². The molecular formula is C12H15O2. The molecule has 2 heteroatoms. The van der Waals surface area contributed by atoms with Crippen molar-refractivity contribution in [1.29, 1.82) is 0 Å². The van der Waals surface area contributed by atoms with E-state index in [1.165, 1.54) is 6.08 Å². The zero-order valence-electron chi connectivity index (χ0n) is 8.57. The van der Waals surface area contributed by atoms with Crippen LogP contribution in [0.5, 0.6) is 5.75 Å². The third-order valence-electron chi connectivity index (χ3n) is 1.74. The third kappa shape index (κ3) is 3.13. The number of hydrogen-bond donors (Lipinski definition) is 0. The fraction of sp³-hybridized carbons (Fsp3) is 0.333. The largest absolute Gasteiger partial charge is 0.493 e. The molecule has 75 valence electrons. The Morgan fingerprint density at radius 3 is 2.71 bits per heavy atom. The molecule has 0 N–H and O–H groups in total. The Kier molecular flexibility index (Phi) is 4.05. The van der Waals surface area contributed by atoms with Crippen LogP contribution in [0.25, 0.3) is 6.08 Å². The van der Waals surface area contributed by atoms with Gasteiger partial charge in [-0.1, -0.05) is 32.0 Å². The van der Waals surface area contributed by atoms with Crippen molar-refractivity contribution in [2.45, 2.75) is 13.8 Å². The summed E-state index contributed by atoms with van der Waals surface area (Å²) in [6.07, 6.45) is 2.28. The molecule has 0 unspecified atom stereocenters. The van der Waals surface area contributed by atoms with Gasteiger partial charge in [0.05, 0.1) is 6.61 Å². The number of ether oxygens (including phenoxy) is 1. The zero-order valence-corrected chi connectivity index (χ0v) is 8.57. The van der Waals surface area contributed by atoms with Crippen LogP contribution in [0.4, 0.5) is 0 Å². The van der Waals surface area contributed by atoms with Crippen LogP contribution in [0.1, 0.15) is 19.4 Å². The Hall–Kier alpha value is -1.44. The first-order chi connectivity index (χ1) is 6.74. The Morgan fingerprint density at radius 1 is 1.36 bits per heavy atom. The van der Waals surface area contributed by atoms with Crippen molar-refractivity contribution in [1.82, 2.24) is 0 Å². The van der Waals surface area contributed by atoms with Crippen molar-refractivity contribution in [2.75, 3.05) is 6.61 Å². The Bertz CT molecular complexity index is 303. The molecule has 0 bridgehead atoms. The molecule has 0 saturated carbocycles. The van der Waals surface area contributed by atoms with Gasteiger partial charge in [0.1, 0.15) is 12.0 Å². The molecule has 2 nitrogen and oxygen atoms in total. The maximum atomic E-state index is 10.4. The summed E-state index contributed by atoms with van der Waals surface area (Å²) in [6, 6.07) is 7.52. The topological polar surface area (TPSA) is 29.1 Å². The highest BCUT2D eigenvalue weighted by Gasteiger charge is 2.00. The highest BCUT2D eigenvalue weighted by atomic mass is 16.5. The van der Waals surface area contributed by atoms with E-state index in [0.717, 1.165) is 17.6 Å². The van der Waals surface area contributed by atoms with Gasteiger partial charge >= 0.3 is 0 Å². The lowest BCUT2D eigenvalue weighted by atomic mass is 10.2. The van der Waals surface area contributed by atoms with Crippen LogP contribution in [0, 0.1) is 5.92 Å². The van der Waals surface area contributed by atoms with E-state index in [1.807, 2.05) is 24.3 Å². The molecule has 1 aromatic rings. The second-order valence-corrected chi connectivity index (χ2v) is 3.55. The Morgan fingerprint density at radius 2 is 2.07 bits per heavy atom. The van der Waals surface area contributed by atoms with Gasteiger partial charge in [-0.2, -0.15) is 0 Å². The average Bonchev–Trinajstić information content (AvgIpc) is 2.17. The molecule has 1 aromatic carbocycles. The molecule has 14 heavy (non-hydrogen) atoms. The van der Waals surface area contributed by atoms with Gasteiger partial charge in [0.2, 0.25) is 0 Å². The van der Waals surface area contributed by atoms with Crippen molar-refractivity contribution < 1.29 is 9.84 Å². The summed E-state index contributed by atoms with van der Waals surface area (Å²) in [5, 5.41) is 10.4. The molecule has 1 rings (SSSR count). The first-order valence-corrected chi connectivity index (χ1v) is 4.74. The van der Waals surface area contributed by atoms with Crippen LogP contribution < -0.4 is 4.74 Å². The van der Waals surface area contributed by atoms with E-state index in [0.29, 0.717) is 12.5 Å². The summed E-state index contributed by atoms with van der Waals surface area (Å²) < 4.78 is 5.56. The van der Waals surface area contributed by atoms with E-state index < -0.39 is 0 Å². The van der Waals surface area contributed by atoms with Gasteiger partial charge in [0.15, 0.2) is 0 Å². The SMILES string of the molecule is CC(C)COc1ccccc1C=C[O]. The highest BCUT2D eigenvalue weighted by molar-refractivity contribution is 5.56. The van der Waals surface area contributed by atoms with E-state index in [1.54, 1.807) is 0 Å². The van der Waals surface area contributed by atoms with E-state index in [9.17, 15) is 5.11 Å². The van der Waals surface area contributed by atoms with E-state index in [4.69, 9.17) is 4.74 Å². The van der Waals surface area contributed by atoms with Crippen LogP contribution in [-0.4, -0.2) is 6.61 Å². The quantitative estimate of drug-likeness (QED) is 0.672. The fourth-order valence-corrected chi connectivity index (χ4v) is 1.08. The number of rotatable bonds is 4. The average molecular weight is 191 g/mol. The maximum Gasteiger partial charge on any atom is 0.143 e. The van der Waals surface area contributed by atoms with Gasteiger partial charge in [-0.05, 0) is 18.1 Å². The summed E-state index contributed by atoms with van der Waals surface area (Å²) >= 11 is 0. The molecule has 0 aliphatic heterocycles. The van der Waals surface area contributed by atoms with Gasteiger partial charge in [0, 0.05) is 5.56 Å². The molecule has 1 radical (unpaired) electrons. The van der Waals surface area contributed by atoms with Gasteiger partial charge in [-0.3, -0.25) is 5.11 Å². The third-order valence-corrected chi connectivity index (χ3v) is 1.74. The molecule has 0 fully saturated rings. The molecule has 0 atom stereocenters. The molecule has 0 aliphatic rings. The summed E-state index contributed by atoms with van der Waals surface area (Å²) in [5.41, 5.74) is 0.836. The maximum absolute atomic E-state index is 10.4. The van der Waals surface area contributed by atoms with Crippen molar-refractivity contribution in [3.8, 4) is 5.75 Å². The molecule has 0 spiro atoms. The molecule has 0 amide bonds. The number of hydrogen-bond acceptors (Lipinski definition) is 1. The molecule has 0 aromatic heterocycles. The van der Waals surface area contributed by atoms with Crippen LogP contribution in [0.15, 0.2) is 30.5 Å². The summed E-state index contributed by atoms with van der Waals surface area (Å²) in [4.78, 5) is 0. The van der Waals surface area contributed by atoms with Crippen LogP contribution in [0.2, 0.25) is 0 Å². The second-order valence-electron chi connectivity index (χ2n) is 3.55. The lowest BCUT2D eigenvalue weighted by molar-refractivity contribution is 0.270. The molecule has 0 heterocycles. The lowest BCUT2D eigenvalue weighted by Gasteiger charge is -2.10. The van der Waals surface area contributed by atoms with E-state index >= 15 is 0 Å². The molecular weight excluding hydrogens is 176 g/mol. The smallest absolute Gasteiger partial charge is 0.143 e. The van der Waals surface area contributed by atoms with Crippen LogP contribution >= 0.6 is 0 Å². The van der Waals surface area contributed by atoms with Gasteiger partial charge in [0.25, 0.3) is 0 Å². The number of benzene rings is 1. The van der Waals surface area contributed by atoms with Crippen molar-refractivity contribution >= 4 is 6.08 Å². The second kappa shape index (κ2) is 5.32. The van der Waals surface area contributed by atoms with Crippen LogP contribution in [-0.2, 0) is 5.11 Å². The fourth-order valence-electron chi connectivity index (χ4n) is 1.08. The standard InChI is InChI=1S/C12H15O2/c1-10(2)9-14-12-6-4-3-5-11(12)7-8-13/h3-8,10H,9H2,1-2H3. The van der Waals surface area contributed by atoms with Crippen molar-refractivity contribution in [2.24, 2.45) is 5.92 Å². The van der Waals surface area contributed by atoms with E-state index in [2.05, 4.69) is 13.8 Å². The summed E-state index contributed by atoms with van der Waals surface area (Å²) in [7, 11) is 0. The van der Waals surface area contributed by atoms with Crippen molar-refractivity contribution in [3.63, 3.8) is 0 Å². The lowest BCUT2D eigenvalue weighted by Crippen LogP contribution is -2.05. The van der Waals surface area contributed by atoms with Gasteiger partial charge in [-0.15, -0.1) is 0 Å². The van der Waals surface area contributed by atoms with Gasteiger partial charge in [-0.25, -0.2) is 0 Å². The first kappa shape index (κ1) is 10.6. The monoisotopic (exact) mass is 191 g/mol. The van der Waals surface area contributed by atoms with Crippen LogP contribution in [0.3, 0.4) is 0 Å². The minimum absolute atomic E-state index is 0.485. The molecule has 0 aliphatic carbocycles. The summed E-state index contributed by atoms with van der Waals surface area (Å²) in [6.45, 7) is 4.85. The predicted octanol–water partition coefficient (Wildman–Crippen LogP) is 3.12. The Balaban J connectivity index is 2.74. The van der Waals surface area contributed by atoms with E-state index in [-0.39, 0.29) is 0 Å². The minimum atomic E-state index is 0.485. The minimum Gasteiger partial charge on any atom is -0.493 e. The Labute approximate surface area is 84.8 Å².